The smallest absolute Gasteiger partial charge is 0.244 e. The lowest BCUT2D eigenvalue weighted by Crippen LogP contribution is -2.52. The molecule has 11 heteroatoms. The first kappa shape index (κ1) is 29.7. The molecule has 0 bridgehead atoms. The molecule has 0 aliphatic rings. The molecule has 0 unspecified atom stereocenters. The molecule has 2 amide bonds. The van der Waals surface area contributed by atoms with Crippen LogP contribution in [-0.2, 0) is 26.2 Å². The number of halogens is 2. The highest BCUT2D eigenvalue weighted by Gasteiger charge is 2.30. The Kier molecular flexibility index (Phi) is 10.9. The van der Waals surface area contributed by atoms with Crippen LogP contribution in [0.4, 0.5) is 5.69 Å². The third kappa shape index (κ3) is 8.28. The number of rotatable bonds is 12. The van der Waals surface area contributed by atoms with Crippen LogP contribution in [0.1, 0.15) is 39.7 Å². The summed E-state index contributed by atoms with van der Waals surface area (Å²) >= 11 is 12.2. The Morgan fingerprint density at radius 3 is 2.19 bits per heavy atom. The van der Waals surface area contributed by atoms with Crippen LogP contribution < -0.4 is 14.4 Å². The van der Waals surface area contributed by atoms with Gasteiger partial charge in [-0.05, 0) is 69.2 Å². The van der Waals surface area contributed by atoms with Gasteiger partial charge in [-0.1, -0.05) is 36.2 Å². The van der Waals surface area contributed by atoms with Gasteiger partial charge in [0.2, 0.25) is 21.8 Å². The van der Waals surface area contributed by atoms with Gasteiger partial charge in [-0.2, -0.15) is 0 Å². The molecule has 0 aromatic heterocycles. The van der Waals surface area contributed by atoms with Gasteiger partial charge in [-0.25, -0.2) is 8.42 Å². The van der Waals surface area contributed by atoms with Crippen molar-refractivity contribution in [3.63, 3.8) is 0 Å². The van der Waals surface area contributed by atoms with E-state index >= 15 is 0 Å². The molecule has 36 heavy (non-hydrogen) atoms. The molecular formula is C25H33Cl2N3O5S. The minimum Gasteiger partial charge on any atom is -0.494 e. The van der Waals surface area contributed by atoms with Crippen LogP contribution >= 0.6 is 23.2 Å². The molecule has 2 rings (SSSR count). The van der Waals surface area contributed by atoms with Crippen LogP contribution in [-0.4, -0.2) is 56.6 Å². The summed E-state index contributed by atoms with van der Waals surface area (Å²) in [6, 6.07) is 10.4. The summed E-state index contributed by atoms with van der Waals surface area (Å²) in [4.78, 5) is 27.8. The summed E-state index contributed by atoms with van der Waals surface area (Å²) in [7, 11) is -3.82. The van der Waals surface area contributed by atoms with Crippen LogP contribution in [0.25, 0.3) is 0 Å². The molecule has 2 aromatic rings. The zero-order valence-electron chi connectivity index (χ0n) is 21.1. The minimum absolute atomic E-state index is 0.0334. The van der Waals surface area contributed by atoms with Gasteiger partial charge in [0.15, 0.2) is 0 Å². The van der Waals surface area contributed by atoms with Gasteiger partial charge in [0.05, 0.1) is 28.6 Å². The highest BCUT2D eigenvalue weighted by molar-refractivity contribution is 7.92. The average molecular weight is 559 g/mol. The van der Waals surface area contributed by atoms with Gasteiger partial charge in [-0.15, -0.1) is 0 Å². The molecule has 0 aliphatic heterocycles. The summed E-state index contributed by atoms with van der Waals surface area (Å²) in [6.07, 6.45) is 1.75. The quantitative estimate of drug-likeness (QED) is 0.414. The van der Waals surface area contributed by atoms with Gasteiger partial charge >= 0.3 is 0 Å². The molecule has 8 nitrogen and oxygen atoms in total. The Bertz CT molecular complexity index is 1160. The minimum atomic E-state index is -3.82. The largest absolute Gasteiger partial charge is 0.494 e. The number of ether oxygens (including phenoxy) is 1. The molecule has 2 atom stereocenters. The number of carbonyl (C=O) groups excluding carboxylic acids is 2. The number of sulfonamides is 1. The van der Waals surface area contributed by atoms with Crippen LogP contribution in [0.5, 0.6) is 5.75 Å². The molecule has 0 saturated carbocycles. The van der Waals surface area contributed by atoms with Crippen molar-refractivity contribution in [1.29, 1.82) is 0 Å². The first-order valence-electron chi connectivity index (χ1n) is 11.6. The predicted octanol–water partition coefficient (Wildman–Crippen LogP) is 4.49. The maximum Gasteiger partial charge on any atom is 0.244 e. The highest BCUT2D eigenvalue weighted by Crippen LogP contribution is 2.25. The standard InChI is InChI=1S/C25H33Cl2N3O5S/c1-6-17(3)28-25(32)18(4)29(15-19-8-13-22(26)23(27)14-19)24(31)16-30(36(5,33)34)20-9-11-21(12-10-20)35-7-2/h8-14,17-18H,6-7,15-16H2,1-5H3,(H,28,32)/t17-,18-/m1/s1. The van der Waals surface area contributed by atoms with Crippen LogP contribution in [0.2, 0.25) is 10.0 Å². The van der Waals surface area contributed by atoms with E-state index in [2.05, 4.69) is 5.32 Å². The Morgan fingerprint density at radius 2 is 1.67 bits per heavy atom. The summed E-state index contributed by atoms with van der Waals surface area (Å²) in [5, 5.41) is 3.55. The number of anilines is 1. The van der Waals surface area contributed by atoms with E-state index in [9.17, 15) is 18.0 Å². The van der Waals surface area contributed by atoms with Crippen LogP contribution in [0, 0.1) is 0 Å². The number of carbonyl (C=O) groups is 2. The molecule has 0 aliphatic carbocycles. The van der Waals surface area contributed by atoms with Gasteiger partial charge < -0.3 is 15.0 Å². The van der Waals surface area contributed by atoms with Crippen molar-refractivity contribution >= 4 is 50.7 Å². The first-order valence-corrected chi connectivity index (χ1v) is 14.2. The average Bonchev–Trinajstić information content (AvgIpc) is 2.82. The summed E-state index contributed by atoms with van der Waals surface area (Å²) < 4.78 is 31.7. The first-order chi connectivity index (χ1) is 16.9. The molecule has 0 radical (unpaired) electrons. The van der Waals surface area contributed by atoms with E-state index in [0.29, 0.717) is 33.7 Å². The Hall–Kier alpha value is -2.49. The zero-order chi connectivity index (χ0) is 27.0. The van der Waals surface area contributed by atoms with Gasteiger partial charge in [-0.3, -0.25) is 13.9 Å². The number of hydrogen-bond donors (Lipinski definition) is 1. The van der Waals surface area contributed by atoms with E-state index in [-0.39, 0.29) is 18.5 Å². The Balaban J connectivity index is 2.39. The third-order valence-corrected chi connectivity index (χ3v) is 7.50. The van der Waals surface area contributed by atoms with Crippen molar-refractivity contribution in [2.45, 2.75) is 52.7 Å². The number of nitrogens with one attached hydrogen (secondary N) is 1. The second-order valence-corrected chi connectivity index (χ2v) is 11.2. The monoisotopic (exact) mass is 557 g/mol. The van der Waals surface area contributed by atoms with Crippen molar-refractivity contribution < 1.29 is 22.7 Å². The van der Waals surface area contributed by atoms with E-state index in [1.165, 1.54) is 4.90 Å². The van der Waals surface area contributed by atoms with Crippen molar-refractivity contribution in [3.05, 3.63) is 58.1 Å². The molecule has 0 spiro atoms. The molecular weight excluding hydrogens is 525 g/mol. The van der Waals surface area contributed by atoms with Crippen molar-refractivity contribution in [1.82, 2.24) is 10.2 Å². The molecule has 0 heterocycles. The maximum atomic E-state index is 13.6. The van der Waals surface area contributed by atoms with E-state index in [0.717, 1.165) is 17.0 Å². The summed E-state index contributed by atoms with van der Waals surface area (Å²) in [5.41, 5.74) is 0.952. The number of nitrogens with zero attached hydrogens (tertiary/aromatic N) is 2. The second kappa shape index (κ2) is 13.2. The van der Waals surface area contributed by atoms with Crippen molar-refractivity contribution in [2.24, 2.45) is 0 Å². The van der Waals surface area contributed by atoms with Crippen molar-refractivity contribution in [3.8, 4) is 5.75 Å². The normalized spacial score (nSPS) is 13.0. The number of hydrogen-bond acceptors (Lipinski definition) is 5. The fourth-order valence-corrected chi connectivity index (χ4v) is 4.54. The van der Waals surface area contributed by atoms with Gasteiger partial charge in [0.25, 0.3) is 0 Å². The van der Waals surface area contributed by atoms with Crippen LogP contribution in [0.15, 0.2) is 42.5 Å². The Morgan fingerprint density at radius 1 is 1.03 bits per heavy atom. The molecule has 1 N–H and O–H groups in total. The summed E-state index contributed by atoms with van der Waals surface area (Å²) in [5.74, 6) is -0.311. The maximum absolute atomic E-state index is 13.6. The third-order valence-electron chi connectivity index (χ3n) is 5.62. The lowest BCUT2D eigenvalue weighted by molar-refractivity contribution is -0.139. The lowest BCUT2D eigenvalue weighted by Gasteiger charge is -2.32. The zero-order valence-corrected chi connectivity index (χ0v) is 23.5. The lowest BCUT2D eigenvalue weighted by atomic mass is 10.1. The fourth-order valence-electron chi connectivity index (χ4n) is 3.37. The molecule has 0 fully saturated rings. The van der Waals surface area contributed by atoms with E-state index < -0.39 is 28.5 Å². The fraction of sp³-hybridized carbons (Fsp3) is 0.440. The topological polar surface area (TPSA) is 96.0 Å². The Labute approximate surface area is 223 Å². The molecule has 198 valence electrons. The predicted molar refractivity (Wildman–Crippen MR) is 144 cm³/mol. The molecule has 0 saturated heterocycles. The van der Waals surface area contributed by atoms with E-state index in [1.54, 1.807) is 49.4 Å². The SMILES string of the molecule is CCOc1ccc(N(CC(=O)N(Cc2ccc(Cl)c(Cl)c2)[C@H](C)C(=O)N[C@H](C)CC)S(C)(=O)=O)cc1. The van der Waals surface area contributed by atoms with Crippen LogP contribution in [0.3, 0.4) is 0 Å². The highest BCUT2D eigenvalue weighted by atomic mass is 35.5. The van der Waals surface area contributed by atoms with E-state index in [1.807, 2.05) is 20.8 Å². The summed E-state index contributed by atoms with van der Waals surface area (Å²) in [6.45, 7) is 7.27. The van der Waals surface area contributed by atoms with Crippen molar-refractivity contribution in [2.75, 3.05) is 23.7 Å². The van der Waals surface area contributed by atoms with Gasteiger partial charge in [0.1, 0.15) is 18.3 Å². The second-order valence-electron chi connectivity index (χ2n) is 8.46. The molecule has 2 aromatic carbocycles. The van der Waals surface area contributed by atoms with E-state index in [4.69, 9.17) is 27.9 Å². The number of amides is 2. The number of benzene rings is 2. The van der Waals surface area contributed by atoms with Gasteiger partial charge in [0, 0.05) is 12.6 Å².